The largest absolute Gasteiger partial charge is 0.481 e. The minimum Gasteiger partial charge on any atom is -0.481 e. The molecular formula is C5H10O3S. The fraction of sp³-hybridized carbons (Fsp3) is 0.800. The van der Waals surface area contributed by atoms with Gasteiger partial charge < -0.3 is 9.84 Å². The van der Waals surface area contributed by atoms with E-state index in [1.807, 2.05) is 0 Å². The minimum absolute atomic E-state index is 0.235. The van der Waals surface area contributed by atoms with Crippen molar-refractivity contribution in [1.82, 2.24) is 0 Å². The van der Waals surface area contributed by atoms with Crippen LogP contribution < -0.4 is 0 Å². The fourth-order valence-electron chi connectivity index (χ4n) is 0.403. The van der Waals surface area contributed by atoms with Crippen molar-refractivity contribution in [2.75, 3.05) is 19.5 Å². The molecule has 0 amide bonds. The summed E-state index contributed by atoms with van der Waals surface area (Å²) in [7, 11) is 1.47. The predicted molar refractivity (Wildman–Crippen MR) is 36.9 cm³/mol. The van der Waals surface area contributed by atoms with E-state index < -0.39 is 11.9 Å². The number of hydrogen-bond donors (Lipinski definition) is 2. The zero-order chi connectivity index (χ0) is 7.28. The van der Waals surface area contributed by atoms with Crippen molar-refractivity contribution in [3.8, 4) is 0 Å². The maximum atomic E-state index is 10.2. The lowest BCUT2D eigenvalue weighted by Gasteiger charge is -2.05. The summed E-state index contributed by atoms with van der Waals surface area (Å²) in [4.78, 5) is 10.2. The van der Waals surface area contributed by atoms with Gasteiger partial charge in [-0.3, -0.25) is 4.79 Å². The van der Waals surface area contributed by atoms with Crippen LogP contribution >= 0.6 is 12.6 Å². The van der Waals surface area contributed by atoms with Crippen LogP contribution in [0.1, 0.15) is 0 Å². The highest BCUT2D eigenvalue weighted by molar-refractivity contribution is 7.80. The van der Waals surface area contributed by atoms with E-state index in [1.54, 1.807) is 0 Å². The van der Waals surface area contributed by atoms with Crippen LogP contribution in [0.25, 0.3) is 0 Å². The Hall–Kier alpha value is -0.220. The van der Waals surface area contributed by atoms with E-state index in [0.29, 0.717) is 5.75 Å². The molecular weight excluding hydrogens is 140 g/mol. The summed E-state index contributed by atoms with van der Waals surface area (Å²) in [6.07, 6.45) is 0. The first-order valence-electron chi connectivity index (χ1n) is 2.55. The smallest absolute Gasteiger partial charge is 0.309 e. The molecule has 1 atom stereocenters. The van der Waals surface area contributed by atoms with Gasteiger partial charge >= 0.3 is 5.97 Å². The first kappa shape index (κ1) is 8.78. The second-order valence-corrected chi connectivity index (χ2v) is 2.04. The Morgan fingerprint density at radius 1 is 1.89 bits per heavy atom. The summed E-state index contributed by atoms with van der Waals surface area (Å²) in [6, 6.07) is 0. The number of ether oxygens (including phenoxy) is 1. The zero-order valence-corrected chi connectivity index (χ0v) is 6.10. The van der Waals surface area contributed by atoms with E-state index in [-0.39, 0.29) is 6.61 Å². The van der Waals surface area contributed by atoms with Crippen molar-refractivity contribution in [2.24, 2.45) is 5.92 Å². The average molecular weight is 150 g/mol. The van der Waals surface area contributed by atoms with E-state index in [1.165, 1.54) is 7.11 Å². The molecule has 0 aromatic heterocycles. The van der Waals surface area contributed by atoms with E-state index >= 15 is 0 Å². The molecule has 0 radical (unpaired) electrons. The molecule has 0 aliphatic rings. The number of carboxylic acid groups (broad SMARTS) is 1. The summed E-state index contributed by atoms with van der Waals surface area (Å²) >= 11 is 3.83. The van der Waals surface area contributed by atoms with Crippen molar-refractivity contribution >= 4 is 18.6 Å². The van der Waals surface area contributed by atoms with Crippen LogP contribution in [0.2, 0.25) is 0 Å². The van der Waals surface area contributed by atoms with Gasteiger partial charge in [0, 0.05) is 12.9 Å². The molecule has 9 heavy (non-hydrogen) atoms. The summed E-state index contributed by atoms with van der Waals surface area (Å²) in [5, 5.41) is 8.38. The summed E-state index contributed by atoms with van der Waals surface area (Å²) in [5.41, 5.74) is 0. The minimum atomic E-state index is -0.855. The highest BCUT2D eigenvalue weighted by atomic mass is 32.1. The van der Waals surface area contributed by atoms with Crippen molar-refractivity contribution < 1.29 is 14.6 Å². The number of carbonyl (C=O) groups is 1. The SMILES string of the molecule is COCC(CS)C(=O)O. The first-order valence-corrected chi connectivity index (χ1v) is 3.18. The predicted octanol–water partition coefficient (Wildman–Crippen LogP) is 0.263. The molecule has 0 bridgehead atoms. The van der Waals surface area contributed by atoms with Gasteiger partial charge in [-0.2, -0.15) is 12.6 Å². The molecule has 1 N–H and O–H groups in total. The van der Waals surface area contributed by atoms with E-state index in [9.17, 15) is 4.79 Å². The summed E-state index contributed by atoms with van der Waals surface area (Å²) in [6.45, 7) is 0.235. The molecule has 0 saturated heterocycles. The molecule has 3 nitrogen and oxygen atoms in total. The lowest BCUT2D eigenvalue weighted by atomic mass is 10.2. The van der Waals surface area contributed by atoms with Gasteiger partial charge in [0.05, 0.1) is 12.5 Å². The molecule has 0 saturated carbocycles. The van der Waals surface area contributed by atoms with Gasteiger partial charge in [0.2, 0.25) is 0 Å². The molecule has 0 aliphatic heterocycles. The molecule has 0 spiro atoms. The number of methoxy groups -OCH3 is 1. The lowest BCUT2D eigenvalue weighted by molar-refractivity contribution is -0.142. The van der Waals surface area contributed by atoms with E-state index in [2.05, 4.69) is 17.4 Å². The third-order valence-electron chi connectivity index (χ3n) is 0.937. The van der Waals surface area contributed by atoms with Crippen LogP contribution in [-0.2, 0) is 9.53 Å². The fourth-order valence-corrected chi connectivity index (χ4v) is 0.665. The van der Waals surface area contributed by atoms with Gasteiger partial charge in [-0.05, 0) is 0 Å². The van der Waals surface area contributed by atoms with Gasteiger partial charge in [-0.1, -0.05) is 0 Å². The molecule has 0 fully saturated rings. The highest BCUT2D eigenvalue weighted by Crippen LogP contribution is 1.98. The van der Waals surface area contributed by atoms with E-state index in [4.69, 9.17) is 5.11 Å². The van der Waals surface area contributed by atoms with Crippen LogP contribution in [0.4, 0.5) is 0 Å². The van der Waals surface area contributed by atoms with Gasteiger partial charge in [0.15, 0.2) is 0 Å². The number of hydrogen-bond acceptors (Lipinski definition) is 3. The Morgan fingerprint density at radius 3 is 2.56 bits per heavy atom. The van der Waals surface area contributed by atoms with Crippen LogP contribution in [0.3, 0.4) is 0 Å². The second-order valence-electron chi connectivity index (χ2n) is 1.67. The van der Waals surface area contributed by atoms with E-state index in [0.717, 1.165) is 0 Å². The average Bonchev–Trinajstić information content (AvgIpc) is 1.82. The molecule has 1 unspecified atom stereocenters. The Morgan fingerprint density at radius 2 is 2.44 bits per heavy atom. The number of rotatable bonds is 4. The summed E-state index contributed by atoms with van der Waals surface area (Å²) in [5.74, 6) is -1.01. The Labute approximate surface area is 59.4 Å². The first-order chi connectivity index (χ1) is 4.22. The normalized spacial score (nSPS) is 13.1. The van der Waals surface area contributed by atoms with Crippen molar-refractivity contribution in [1.29, 1.82) is 0 Å². The maximum absolute atomic E-state index is 10.2. The molecule has 0 aliphatic carbocycles. The van der Waals surface area contributed by atoms with Gasteiger partial charge in [-0.15, -0.1) is 0 Å². The third-order valence-corrected chi connectivity index (χ3v) is 1.38. The Kier molecular flexibility index (Phi) is 4.53. The van der Waals surface area contributed by atoms with Gasteiger partial charge in [-0.25, -0.2) is 0 Å². The van der Waals surface area contributed by atoms with Gasteiger partial charge in [0.25, 0.3) is 0 Å². The van der Waals surface area contributed by atoms with Crippen LogP contribution in [0.15, 0.2) is 0 Å². The van der Waals surface area contributed by atoms with Crippen LogP contribution in [0, 0.1) is 5.92 Å². The number of aliphatic carboxylic acids is 1. The molecule has 4 heteroatoms. The number of thiol groups is 1. The monoisotopic (exact) mass is 150 g/mol. The Bertz CT molecular complexity index is 94.2. The standard InChI is InChI=1S/C5H10O3S/c1-8-2-4(3-9)5(6)7/h4,9H,2-3H2,1H3,(H,6,7). The van der Waals surface area contributed by atoms with Crippen LogP contribution in [-0.4, -0.2) is 30.5 Å². The van der Waals surface area contributed by atoms with Crippen LogP contribution in [0.5, 0.6) is 0 Å². The quantitative estimate of drug-likeness (QED) is 0.565. The third kappa shape index (κ3) is 3.37. The maximum Gasteiger partial charge on any atom is 0.309 e. The van der Waals surface area contributed by atoms with Crippen molar-refractivity contribution in [2.45, 2.75) is 0 Å². The number of carboxylic acids is 1. The highest BCUT2D eigenvalue weighted by Gasteiger charge is 2.13. The second kappa shape index (κ2) is 4.64. The summed E-state index contributed by atoms with van der Waals surface area (Å²) < 4.78 is 4.63. The topological polar surface area (TPSA) is 46.5 Å². The molecule has 54 valence electrons. The van der Waals surface area contributed by atoms with Gasteiger partial charge in [0.1, 0.15) is 0 Å². The molecule has 0 rings (SSSR count). The molecule has 0 aromatic rings. The molecule has 0 aromatic carbocycles. The lowest BCUT2D eigenvalue weighted by Crippen LogP contribution is -2.20. The molecule has 0 heterocycles. The van der Waals surface area contributed by atoms with Crippen molar-refractivity contribution in [3.63, 3.8) is 0 Å². The van der Waals surface area contributed by atoms with Crippen molar-refractivity contribution in [3.05, 3.63) is 0 Å². The Balaban J connectivity index is 3.54. The zero-order valence-electron chi connectivity index (χ0n) is 5.20.